The number of aryl methyl sites for hydroxylation is 3. The molecule has 0 aliphatic rings. The van der Waals surface area contributed by atoms with Crippen molar-refractivity contribution in [1.29, 1.82) is 5.26 Å². The van der Waals surface area contributed by atoms with Gasteiger partial charge in [0.1, 0.15) is 0 Å². The Bertz CT molecular complexity index is 544. The number of hydrogen-bond donors (Lipinski definition) is 1. The second-order valence-corrected chi connectivity index (χ2v) is 4.08. The van der Waals surface area contributed by atoms with Crippen molar-refractivity contribution in [2.24, 2.45) is 0 Å². The van der Waals surface area contributed by atoms with Crippen LogP contribution in [0.3, 0.4) is 0 Å². The van der Waals surface area contributed by atoms with Gasteiger partial charge in [-0.25, -0.2) is 0 Å². The Morgan fingerprint density at radius 3 is 2.88 bits per heavy atom. The molecule has 0 unspecified atom stereocenters. The highest BCUT2D eigenvalue weighted by Crippen LogP contribution is 2.26. The van der Waals surface area contributed by atoms with E-state index in [1.54, 1.807) is 0 Å². The fraction of sp³-hybridized carbons (Fsp3) is 0.357. The molecule has 0 fully saturated rings. The first-order chi connectivity index (χ1) is 7.77. The molecule has 2 nitrogen and oxygen atoms in total. The summed E-state index contributed by atoms with van der Waals surface area (Å²) in [5.41, 5.74) is 5.09. The molecule has 1 aromatic carbocycles. The Morgan fingerprint density at radius 2 is 2.19 bits per heavy atom. The predicted octanol–water partition coefficient (Wildman–Crippen LogP) is 3.49. The molecule has 1 N–H and O–H groups in total. The van der Waals surface area contributed by atoms with Crippen LogP contribution in [0.15, 0.2) is 18.2 Å². The molecule has 0 aliphatic heterocycles. The first kappa shape index (κ1) is 10.8. The molecular formula is C14H16N2. The lowest BCUT2D eigenvalue weighted by Gasteiger charge is -2.00. The van der Waals surface area contributed by atoms with Crippen molar-refractivity contribution < 1.29 is 0 Å². The van der Waals surface area contributed by atoms with Gasteiger partial charge in [-0.1, -0.05) is 25.1 Å². The van der Waals surface area contributed by atoms with Gasteiger partial charge < -0.3 is 4.98 Å². The van der Waals surface area contributed by atoms with Crippen LogP contribution >= 0.6 is 0 Å². The normalized spacial score (nSPS) is 10.6. The van der Waals surface area contributed by atoms with E-state index in [0.29, 0.717) is 6.42 Å². The smallest absolute Gasteiger partial charge is 0.0625 e. The van der Waals surface area contributed by atoms with Gasteiger partial charge in [0.25, 0.3) is 0 Å². The fourth-order valence-corrected chi connectivity index (χ4v) is 2.26. The molecule has 1 aromatic heterocycles. The van der Waals surface area contributed by atoms with E-state index in [0.717, 1.165) is 12.8 Å². The average Bonchev–Trinajstić information content (AvgIpc) is 2.62. The molecule has 1 heterocycles. The van der Waals surface area contributed by atoms with E-state index in [1.807, 2.05) is 0 Å². The van der Waals surface area contributed by atoms with E-state index >= 15 is 0 Å². The lowest BCUT2D eigenvalue weighted by molar-refractivity contribution is 1.00. The van der Waals surface area contributed by atoms with Gasteiger partial charge in [-0.3, -0.25) is 0 Å². The summed E-state index contributed by atoms with van der Waals surface area (Å²) in [5, 5.41) is 9.95. The molecule has 0 atom stereocenters. The van der Waals surface area contributed by atoms with Crippen molar-refractivity contribution in [2.75, 3.05) is 0 Å². The van der Waals surface area contributed by atoms with Crippen LogP contribution in [-0.4, -0.2) is 4.98 Å². The van der Waals surface area contributed by atoms with Crippen molar-refractivity contribution in [1.82, 2.24) is 4.98 Å². The quantitative estimate of drug-likeness (QED) is 0.831. The molecule has 0 amide bonds. The molecular weight excluding hydrogens is 196 g/mol. The number of nitriles is 1. The predicted molar refractivity (Wildman–Crippen MR) is 66.3 cm³/mol. The van der Waals surface area contributed by atoms with Gasteiger partial charge in [0.15, 0.2) is 0 Å². The number of H-pyrrole nitrogens is 1. The SMILES string of the molecule is CCc1cccc2c(CCC#N)c(C)[nH]c12. The molecule has 82 valence electrons. The van der Waals surface area contributed by atoms with Crippen molar-refractivity contribution in [3.8, 4) is 6.07 Å². The number of benzene rings is 1. The summed E-state index contributed by atoms with van der Waals surface area (Å²) in [7, 11) is 0. The zero-order chi connectivity index (χ0) is 11.5. The van der Waals surface area contributed by atoms with Crippen molar-refractivity contribution in [3.63, 3.8) is 0 Å². The molecule has 0 saturated carbocycles. The molecule has 2 rings (SSSR count). The maximum absolute atomic E-state index is 8.67. The number of hydrogen-bond acceptors (Lipinski definition) is 1. The summed E-state index contributed by atoms with van der Waals surface area (Å²) in [6, 6.07) is 8.62. The molecule has 0 aliphatic carbocycles. The summed E-state index contributed by atoms with van der Waals surface area (Å²) in [4.78, 5) is 3.45. The lowest BCUT2D eigenvalue weighted by Crippen LogP contribution is -1.85. The molecule has 2 heteroatoms. The zero-order valence-electron chi connectivity index (χ0n) is 9.80. The van der Waals surface area contributed by atoms with Crippen molar-refractivity contribution in [2.45, 2.75) is 33.1 Å². The van der Waals surface area contributed by atoms with Crippen LogP contribution < -0.4 is 0 Å². The van der Waals surface area contributed by atoms with Crippen LogP contribution in [0, 0.1) is 18.3 Å². The van der Waals surface area contributed by atoms with Gasteiger partial charge in [0, 0.05) is 23.0 Å². The number of nitrogens with zero attached hydrogens (tertiary/aromatic N) is 1. The molecule has 0 radical (unpaired) electrons. The maximum Gasteiger partial charge on any atom is 0.0625 e. The Balaban J connectivity index is 2.58. The Morgan fingerprint density at radius 1 is 1.38 bits per heavy atom. The van der Waals surface area contributed by atoms with E-state index in [9.17, 15) is 0 Å². The Hall–Kier alpha value is -1.75. The van der Waals surface area contributed by atoms with Crippen molar-refractivity contribution in [3.05, 3.63) is 35.0 Å². The summed E-state index contributed by atoms with van der Waals surface area (Å²) in [5.74, 6) is 0. The van der Waals surface area contributed by atoms with E-state index in [1.165, 1.54) is 27.7 Å². The zero-order valence-corrected chi connectivity index (χ0v) is 9.80. The summed E-state index contributed by atoms with van der Waals surface area (Å²) >= 11 is 0. The monoisotopic (exact) mass is 212 g/mol. The van der Waals surface area contributed by atoms with Gasteiger partial charge >= 0.3 is 0 Å². The maximum atomic E-state index is 8.67. The minimum absolute atomic E-state index is 0.587. The number of fused-ring (bicyclic) bond motifs is 1. The highest BCUT2D eigenvalue weighted by molar-refractivity contribution is 5.87. The summed E-state index contributed by atoms with van der Waals surface area (Å²) in [6.45, 7) is 4.26. The van der Waals surface area contributed by atoms with Crippen molar-refractivity contribution >= 4 is 10.9 Å². The minimum Gasteiger partial charge on any atom is -0.358 e. The first-order valence-corrected chi connectivity index (χ1v) is 5.74. The molecule has 16 heavy (non-hydrogen) atoms. The van der Waals surface area contributed by atoms with E-state index in [-0.39, 0.29) is 0 Å². The molecule has 0 saturated heterocycles. The number of nitrogens with one attached hydrogen (secondary N) is 1. The van der Waals surface area contributed by atoms with Crippen LogP contribution in [0.4, 0.5) is 0 Å². The third-order valence-corrected chi connectivity index (χ3v) is 3.11. The van der Waals surface area contributed by atoms with Crippen LogP contribution in [-0.2, 0) is 12.8 Å². The minimum atomic E-state index is 0.587. The van der Waals surface area contributed by atoms with Gasteiger partial charge in [-0.05, 0) is 30.9 Å². The van der Waals surface area contributed by atoms with E-state index < -0.39 is 0 Å². The average molecular weight is 212 g/mol. The number of aromatic amines is 1. The Kier molecular flexibility index (Phi) is 2.96. The van der Waals surface area contributed by atoms with Gasteiger partial charge in [-0.2, -0.15) is 5.26 Å². The highest BCUT2D eigenvalue weighted by Gasteiger charge is 2.09. The van der Waals surface area contributed by atoms with E-state index in [2.05, 4.69) is 43.1 Å². The number of rotatable bonds is 3. The third kappa shape index (κ3) is 1.69. The summed E-state index contributed by atoms with van der Waals surface area (Å²) < 4.78 is 0. The summed E-state index contributed by atoms with van der Waals surface area (Å²) in [6.07, 6.45) is 2.47. The molecule has 2 aromatic rings. The molecule has 0 bridgehead atoms. The van der Waals surface area contributed by atoms with Gasteiger partial charge in [-0.15, -0.1) is 0 Å². The second kappa shape index (κ2) is 4.40. The van der Waals surface area contributed by atoms with Crippen LogP contribution in [0.1, 0.15) is 30.2 Å². The standard InChI is InChI=1S/C14H16N2/c1-3-11-6-4-7-13-12(8-5-9-15)10(2)16-14(11)13/h4,6-7,16H,3,5,8H2,1-2H3. The Labute approximate surface area is 95.9 Å². The second-order valence-electron chi connectivity index (χ2n) is 4.08. The number of para-hydroxylation sites is 1. The van der Waals surface area contributed by atoms with E-state index in [4.69, 9.17) is 5.26 Å². The topological polar surface area (TPSA) is 39.6 Å². The molecule has 0 spiro atoms. The lowest BCUT2D eigenvalue weighted by atomic mass is 10.0. The largest absolute Gasteiger partial charge is 0.358 e. The van der Waals surface area contributed by atoms with Crippen LogP contribution in [0.2, 0.25) is 0 Å². The number of aromatic nitrogens is 1. The fourth-order valence-electron chi connectivity index (χ4n) is 2.26. The third-order valence-electron chi connectivity index (χ3n) is 3.11. The highest BCUT2D eigenvalue weighted by atomic mass is 14.7. The van der Waals surface area contributed by atoms with Gasteiger partial charge in [0.05, 0.1) is 6.07 Å². The first-order valence-electron chi connectivity index (χ1n) is 5.74. The van der Waals surface area contributed by atoms with Crippen LogP contribution in [0.5, 0.6) is 0 Å². The van der Waals surface area contributed by atoms with Crippen LogP contribution in [0.25, 0.3) is 10.9 Å². The van der Waals surface area contributed by atoms with Gasteiger partial charge in [0.2, 0.25) is 0 Å².